The van der Waals surface area contributed by atoms with Crippen LogP contribution in [0.1, 0.15) is 31.0 Å². The van der Waals surface area contributed by atoms with Crippen molar-refractivity contribution in [3.05, 3.63) is 76.9 Å². The zero-order valence-electron chi connectivity index (χ0n) is 16.9. The SMILES string of the molecule is CCN(CC)CCN1C(=O)C(=O)/C(=C(/O)c2ccc(F)cc2)[C@@H]1c1ccccc1F. The number of ketones is 1. The molecular weight excluding hydrogens is 390 g/mol. The number of halogens is 2. The number of rotatable bonds is 7. The Kier molecular flexibility index (Phi) is 6.62. The third kappa shape index (κ3) is 4.11. The summed E-state index contributed by atoms with van der Waals surface area (Å²) in [6.45, 7) is 6.20. The predicted octanol–water partition coefficient (Wildman–Crippen LogP) is 3.73. The standard InChI is InChI=1S/C23H24F2N2O3/c1-3-26(4-2)13-14-27-20(17-7-5-6-8-18(17)25)19(22(29)23(27)30)21(28)15-9-11-16(24)12-10-15/h5-12,20,28H,3-4,13-14H2,1-2H3/b21-19+/t20-/m0/s1. The molecule has 158 valence electrons. The third-order valence-electron chi connectivity index (χ3n) is 5.41. The average molecular weight is 414 g/mol. The van der Waals surface area contributed by atoms with Crippen molar-refractivity contribution in [2.24, 2.45) is 0 Å². The monoisotopic (exact) mass is 414 g/mol. The van der Waals surface area contributed by atoms with Gasteiger partial charge in [0.1, 0.15) is 17.4 Å². The maximum Gasteiger partial charge on any atom is 0.295 e. The van der Waals surface area contributed by atoms with E-state index in [-0.39, 0.29) is 23.2 Å². The van der Waals surface area contributed by atoms with Gasteiger partial charge in [0.25, 0.3) is 11.7 Å². The van der Waals surface area contributed by atoms with Crippen molar-refractivity contribution >= 4 is 17.4 Å². The lowest BCUT2D eigenvalue weighted by Crippen LogP contribution is -2.38. The second-order valence-corrected chi connectivity index (χ2v) is 7.05. The van der Waals surface area contributed by atoms with Gasteiger partial charge in [0.05, 0.1) is 11.6 Å². The Morgan fingerprint density at radius 1 is 1.03 bits per heavy atom. The maximum atomic E-state index is 14.7. The van der Waals surface area contributed by atoms with E-state index >= 15 is 0 Å². The summed E-state index contributed by atoms with van der Waals surface area (Å²) in [6, 6.07) is 9.71. The van der Waals surface area contributed by atoms with Crippen LogP contribution < -0.4 is 0 Å². The number of hydrogen-bond acceptors (Lipinski definition) is 4. The van der Waals surface area contributed by atoms with Crippen LogP contribution in [0.3, 0.4) is 0 Å². The minimum Gasteiger partial charge on any atom is -0.507 e. The van der Waals surface area contributed by atoms with E-state index in [9.17, 15) is 23.5 Å². The Bertz CT molecular complexity index is 969. The lowest BCUT2D eigenvalue weighted by molar-refractivity contribution is -0.140. The molecule has 1 saturated heterocycles. The van der Waals surface area contributed by atoms with Gasteiger partial charge >= 0.3 is 0 Å². The van der Waals surface area contributed by atoms with Gasteiger partial charge in [-0.15, -0.1) is 0 Å². The predicted molar refractivity (Wildman–Crippen MR) is 110 cm³/mol. The molecule has 0 aromatic heterocycles. The molecule has 3 rings (SSSR count). The molecule has 1 aliphatic rings. The summed E-state index contributed by atoms with van der Waals surface area (Å²) in [4.78, 5) is 29.1. The van der Waals surface area contributed by atoms with Gasteiger partial charge in [-0.3, -0.25) is 9.59 Å². The number of hydrogen-bond donors (Lipinski definition) is 1. The fraction of sp³-hybridized carbons (Fsp3) is 0.304. The number of likely N-dealkylation sites (tertiary alicyclic amines) is 1. The number of likely N-dealkylation sites (N-methyl/N-ethyl adjacent to an activating group) is 1. The number of aliphatic hydroxyl groups is 1. The topological polar surface area (TPSA) is 60.9 Å². The molecule has 7 heteroatoms. The number of aliphatic hydroxyl groups excluding tert-OH is 1. The lowest BCUT2D eigenvalue weighted by atomic mass is 9.95. The van der Waals surface area contributed by atoms with Crippen LogP contribution in [0.4, 0.5) is 8.78 Å². The molecule has 1 N–H and O–H groups in total. The summed E-state index contributed by atoms with van der Waals surface area (Å²) < 4.78 is 28.0. The summed E-state index contributed by atoms with van der Waals surface area (Å²) in [6.07, 6.45) is 0. The third-order valence-corrected chi connectivity index (χ3v) is 5.41. The average Bonchev–Trinajstić information content (AvgIpc) is 2.99. The van der Waals surface area contributed by atoms with Crippen molar-refractivity contribution in [1.29, 1.82) is 0 Å². The molecule has 0 bridgehead atoms. The van der Waals surface area contributed by atoms with Gasteiger partial charge in [-0.25, -0.2) is 8.78 Å². The molecule has 5 nitrogen and oxygen atoms in total. The molecule has 0 unspecified atom stereocenters. The highest BCUT2D eigenvalue weighted by Crippen LogP contribution is 2.40. The number of carbonyl (C=O) groups is 2. The summed E-state index contributed by atoms with van der Waals surface area (Å²) in [5.74, 6) is -3.21. The summed E-state index contributed by atoms with van der Waals surface area (Å²) in [5, 5.41) is 10.8. The Morgan fingerprint density at radius 3 is 2.27 bits per heavy atom. The van der Waals surface area contributed by atoms with E-state index in [1.165, 1.54) is 35.2 Å². The number of carbonyl (C=O) groups excluding carboxylic acids is 2. The molecule has 0 aliphatic carbocycles. The first-order chi connectivity index (χ1) is 14.4. The van der Waals surface area contributed by atoms with Crippen molar-refractivity contribution in [3.8, 4) is 0 Å². The lowest BCUT2D eigenvalue weighted by Gasteiger charge is -2.28. The summed E-state index contributed by atoms with van der Waals surface area (Å²) in [7, 11) is 0. The first kappa shape index (κ1) is 21.6. The van der Waals surface area contributed by atoms with E-state index in [2.05, 4.69) is 4.90 Å². The van der Waals surface area contributed by atoms with Gasteiger partial charge in [0.2, 0.25) is 0 Å². The van der Waals surface area contributed by atoms with Crippen molar-refractivity contribution in [2.75, 3.05) is 26.2 Å². The zero-order chi connectivity index (χ0) is 21.8. The van der Waals surface area contributed by atoms with E-state index in [0.29, 0.717) is 6.54 Å². The fourth-order valence-corrected chi connectivity index (χ4v) is 3.68. The quantitative estimate of drug-likeness (QED) is 0.426. The maximum absolute atomic E-state index is 14.7. The molecule has 0 saturated carbocycles. The highest BCUT2D eigenvalue weighted by atomic mass is 19.1. The minimum atomic E-state index is -1.06. The van der Waals surface area contributed by atoms with Gasteiger partial charge in [-0.05, 0) is 43.4 Å². The van der Waals surface area contributed by atoms with Gasteiger partial charge < -0.3 is 14.9 Å². The normalized spacial score (nSPS) is 18.4. The van der Waals surface area contributed by atoms with Crippen LogP contribution >= 0.6 is 0 Å². The van der Waals surface area contributed by atoms with Gasteiger partial charge in [0, 0.05) is 24.2 Å². The van der Waals surface area contributed by atoms with E-state index in [1.54, 1.807) is 6.07 Å². The van der Waals surface area contributed by atoms with E-state index in [1.807, 2.05) is 13.8 Å². The Labute approximate surface area is 174 Å². The van der Waals surface area contributed by atoms with Crippen LogP contribution in [-0.2, 0) is 9.59 Å². The molecule has 1 aliphatic heterocycles. The molecule has 0 spiro atoms. The van der Waals surface area contributed by atoms with E-state index in [4.69, 9.17) is 0 Å². The first-order valence-corrected chi connectivity index (χ1v) is 9.90. The van der Waals surface area contributed by atoms with Gasteiger partial charge in [-0.1, -0.05) is 32.0 Å². The van der Waals surface area contributed by atoms with Crippen LogP contribution in [0.5, 0.6) is 0 Å². The van der Waals surface area contributed by atoms with Gasteiger partial charge in [-0.2, -0.15) is 0 Å². The van der Waals surface area contributed by atoms with Crippen LogP contribution in [0, 0.1) is 11.6 Å². The Balaban J connectivity index is 2.11. The molecular formula is C23H24F2N2O3. The van der Waals surface area contributed by atoms with Crippen LogP contribution in [-0.4, -0.2) is 52.8 Å². The van der Waals surface area contributed by atoms with Gasteiger partial charge in [0.15, 0.2) is 0 Å². The summed E-state index contributed by atoms with van der Waals surface area (Å²) >= 11 is 0. The molecule has 2 aromatic carbocycles. The highest BCUT2D eigenvalue weighted by molar-refractivity contribution is 6.46. The molecule has 30 heavy (non-hydrogen) atoms. The smallest absolute Gasteiger partial charge is 0.295 e. The molecule has 2 aromatic rings. The minimum absolute atomic E-state index is 0.125. The van der Waals surface area contributed by atoms with Crippen LogP contribution in [0.25, 0.3) is 5.76 Å². The van der Waals surface area contributed by atoms with Crippen molar-refractivity contribution < 1.29 is 23.5 Å². The van der Waals surface area contributed by atoms with E-state index in [0.717, 1.165) is 25.2 Å². The first-order valence-electron chi connectivity index (χ1n) is 9.90. The van der Waals surface area contributed by atoms with Crippen molar-refractivity contribution in [3.63, 3.8) is 0 Å². The Morgan fingerprint density at radius 2 is 1.67 bits per heavy atom. The zero-order valence-corrected chi connectivity index (χ0v) is 16.9. The molecule has 1 amide bonds. The van der Waals surface area contributed by atoms with E-state index < -0.39 is 35.1 Å². The largest absolute Gasteiger partial charge is 0.507 e. The molecule has 1 atom stereocenters. The fourth-order valence-electron chi connectivity index (χ4n) is 3.68. The van der Waals surface area contributed by atoms with Crippen molar-refractivity contribution in [2.45, 2.75) is 19.9 Å². The molecule has 1 heterocycles. The second-order valence-electron chi connectivity index (χ2n) is 7.05. The number of Topliss-reactive ketones (excluding diaryl/α,β-unsaturated/α-hetero) is 1. The number of nitrogens with zero attached hydrogens (tertiary/aromatic N) is 2. The highest BCUT2D eigenvalue weighted by Gasteiger charge is 2.46. The second kappa shape index (κ2) is 9.17. The Hall–Kier alpha value is -3.06. The van der Waals surface area contributed by atoms with Crippen LogP contribution in [0.2, 0.25) is 0 Å². The number of benzene rings is 2. The van der Waals surface area contributed by atoms with Crippen molar-refractivity contribution in [1.82, 2.24) is 9.80 Å². The molecule has 0 radical (unpaired) electrons. The molecule has 1 fully saturated rings. The van der Waals surface area contributed by atoms with Crippen LogP contribution in [0.15, 0.2) is 54.1 Å². The summed E-state index contributed by atoms with van der Waals surface area (Å²) in [5.41, 5.74) is 0.107. The number of amides is 1.